The second-order valence-electron chi connectivity index (χ2n) is 10.0. The number of ether oxygens (including phenoxy) is 2. The smallest absolute Gasteiger partial charge is 0.327 e. The summed E-state index contributed by atoms with van der Waals surface area (Å²) in [5.74, 6) is -2.30. The molecule has 1 aromatic carbocycles. The molecule has 0 heterocycles. The minimum absolute atomic E-state index is 0.0211. The average molecular weight is 531 g/mol. The van der Waals surface area contributed by atoms with Crippen molar-refractivity contribution in [2.45, 2.75) is 115 Å². The molecule has 0 aliphatic heterocycles. The highest BCUT2D eigenvalue weighted by Gasteiger charge is 2.26. The lowest BCUT2D eigenvalue weighted by atomic mass is 9.91. The predicted octanol–water partition coefficient (Wildman–Crippen LogP) is 4.91. The highest BCUT2D eigenvalue weighted by atomic mass is 16.5. The summed E-state index contributed by atoms with van der Waals surface area (Å²) in [6, 6.07) is 8.85. The van der Waals surface area contributed by atoms with Crippen molar-refractivity contribution in [3.63, 3.8) is 0 Å². The monoisotopic (exact) mass is 530 g/mol. The first-order chi connectivity index (χ1) is 18.4. The number of esters is 2. The summed E-state index contributed by atoms with van der Waals surface area (Å²) < 4.78 is 9.94. The topological polar surface area (TPSA) is 114 Å². The van der Waals surface area contributed by atoms with Crippen molar-refractivity contribution in [1.29, 1.82) is 0 Å². The zero-order valence-corrected chi connectivity index (χ0v) is 22.9. The van der Waals surface area contributed by atoms with Crippen LogP contribution in [0, 0.1) is 0 Å². The van der Waals surface area contributed by atoms with E-state index in [1.165, 1.54) is 70.3 Å². The van der Waals surface area contributed by atoms with Gasteiger partial charge in [0.25, 0.3) is 0 Å². The van der Waals surface area contributed by atoms with Crippen molar-refractivity contribution in [2.24, 2.45) is 0 Å². The number of benzene rings is 1. The first kappa shape index (κ1) is 31.5. The molecule has 0 amide bonds. The van der Waals surface area contributed by atoms with Gasteiger partial charge < -0.3 is 19.9 Å². The molecule has 3 N–H and O–H groups in total. The van der Waals surface area contributed by atoms with Gasteiger partial charge in [-0.15, -0.1) is 6.58 Å². The van der Waals surface area contributed by atoms with Crippen molar-refractivity contribution in [3.8, 4) is 0 Å². The number of carbonyl (C=O) groups excluding carboxylic acids is 2. The molecule has 2 fully saturated rings. The Labute approximate surface area is 227 Å². The zero-order chi connectivity index (χ0) is 27.6. The SMILES string of the molecule is C1CCC(NC2CCCCC2)CC1.C=CC(N[C@@H](CCC(=O)OCc1ccccc1)C(=O)O)C(=O)OCC. The summed E-state index contributed by atoms with van der Waals surface area (Å²) in [4.78, 5) is 34.8. The first-order valence-corrected chi connectivity index (χ1v) is 14.2. The summed E-state index contributed by atoms with van der Waals surface area (Å²) in [5.41, 5.74) is 0.845. The van der Waals surface area contributed by atoms with Crippen molar-refractivity contribution >= 4 is 17.9 Å². The number of carbonyl (C=O) groups is 3. The third-order valence-corrected chi connectivity index (χ3v) is 7.02. The molecule has 2 aliphatic carbocycles. The van der Waals surface area contributed by atoms with E-state index in [-0.39, 0.29) is 26.1 Å². The van der Waals surface area contributed by atoms with Crippen LogP contribution in [0.2, 0.25) is 0 Å². The molecule has 2 aliphatic rings. The molecule has 212 valence electrons. The molecule has 0 spiro atoms. The molecule has 0 saturated heterocycles. The van der Waals surface area contributed by atoms with Crippen molar-refractivity contribution in [2.75, 3.05) is 6.61 Å². The van der Waals surface area contributed by atoms with Gasteiger partial charge in [-0.05, 0) is 44.6 Å². The van der Waals surface area contributed by atoms with Crippen molar-refractivity contribution < 1.29 is 29.0 Å². The van der Waals surface area contributed by atoms with E-state index < -0.39 is 30.0 Å². The van der Waals surface area contributed by atoms with E-state index in [9.17, 15) is 19.5 Å². The molecule has 1 unspecified atom stereocenters. The van der Waals surface area contributed by atoms with Crippen LogP contribution in [-0.2, 0) is 30.5 Å². The normalized spacial score (nSPS) is 17.8. The maximum Gasteiger partial charge on any atom is 0.327 e. The Balaban J connectivity index is 0.000000323. The Morgan fingerprint density at radius 2 is 1.55 bits per heavy atom. The van der Waals surface area contributed by atoms with Crippen LogP contribution in [0.4, 0.5) is 0 Å². The third-order valence-electron chi connectivity index (χ3n) is 7.02. The highest BCUT2D eigenvalue weighted by Crippen LogP contribution is 2.22. The fourth-order valence-electron chi connectivity index (χ4n) is 4.90. The number of carboxylic acids is 1. The fraction of sp³-hybridized carbons (Fsp3) is 0.633. The maximum atomic E-state index is 11.8. The Morgan fingerprint density at radius 1 is 0.974 bits per heavy atom. The third kappa shape index (κ3) is 12.7. The van der Waals surface area contributed by atoms with Crippen LogP contribution >= 0.6 is 0 Å². The van der Waals surface area contributed by atoms with Gasteiger partial charge in [-0.25, -0.2) is 0 Å². The van der Waals surface area contributed by atoms with E-state index in [4.69, 9.17) is 9.47 Å². The van der Waals surface area contributed by atoms with Crippen LogP contribution in [0.3, 0.4) is 0 Å². The number of nitrogens with one attached hydrogen (secondary N) is 2. The van der Waals surface area contributed by atoms with Gasteiger partial charge in [0.1, 0.15) is 18.7 Å². The summed E-state index contributed by atoms with van der Waals surface area (Å²) in [5, 5.41) is 15.7. The van der Waals surface area contributed by atoms with Crippen molar-refractivity contribution in [3.05, 3.63) is 48.6 Å². The van der Waals surface area contributed by atoms with Crippen LogP contribution in [-0.4, -0.2) is 53.8 Å². The fourth-order valence-corrected chi connectivity index (χ4v) is 4.90. The van der Waals surface area contributed by atoms with E-state index in [0.29, 0.717) is 0 Å². The Hall–Kier alpha value is -2.71. The highest BCUT2D eigenvalue weighted by molar-refractivity contribution is 5.80. The molecule has 38 heavy (non-hydrogen) atoms. The first-order valence-electron chi connectivity index (χ1n) is 14.2. The largest absolute Gasteiger partial charge is 0.480 e. The van der Waals surface area contributed by atoms with Gasteiger partial charge in [0.05, 0.1) is 6.61 Å². The van der Waals surface area contributed by atoms with Crippen LogP contribution in [0.5, 0.6) is 0 Å². The van der Waals surface area contributed by atoms with Gasteiger partial charge >= 0.3 is 17.9 Å². The number of aliphatic carboxylic acids is 1. The van der Waals surface area contributed by atoms with Crippen LogP contribution < -0.4 is 10.6 Å². The standard InChI is InChI=1S/C18H23NO6.C12H23N/c1-3-14(18(23)24-4-2)19-15(17(21)22)10-11-16(20)25-12-13-8-6-5-7-9-13;1-3-7-11(8-4-1)13-12-9-5-2-6-10-12/h3,5-9,14-15,19H,1,4,10-12H2,2H3,(H,21,22);11-13H,1-10H2/t14?,15-;/m0./s1. The summed E-state index contributed by atoms with van der Waals surface area (Å²) >= 11 is 0. The molecule has 8 nitrogen and oxygen atoms in total. The summed E-state index contributed by atoms with van der Waals surface area (Å²) in [6.07, 6.45) is 15.7. The number of hydrogen-bond acceptors (Lipinski definition) is 7. The van der Waals surface area contributed by atoms with Gasteiger partial charge in [0.15, 0.2) is 0 Å². The zero-order valence-electron chi connectivity index (χ0n) is 22.9. The Morgan fingerprint density at radius 3 is 2.05 bits per heavy atom. The maximum absolute atomic E-state index is 11.8. The lowest BCUT2D eigenvalue weighted by Crippen LogP contribution is -2.47. The summed E-state index contributed by atoms with van der Waals surface area (Å²) in [7, 11) is 0. The van der Waals surface area contributed by atoms with Gasteiger partial charge in [-0.2, -0.15) is 0 Å². The van der Waals surface area contributed by atoms with Gasteiger partial charge in [0, 0.05) is 18.5 Å². The second kappa shape index (κ2) is 18.5. The number of carboxylic acid groups (broad SMARTS) is 1. The van der Waals surface area contributed by atoms with E-state index in [1.54, 1.807) is 6.92 Å². The minimum Gasteiger partial charge on any atom is -0.480 e. The molecule has 8 heteroatoms. The molecule has 0 bridgehead atoms. The van der Waals surface area contributed by atoms with E-state index in [0.717, 1.165) is 17.6 Å². The predicted molar refractivity (Wildman–Crippen MR) is 148 cm³/mol. The van der Waals surface area contributed by atoms with Crippen LogP contribution in [0.25, 0.3) is 0 Å². The lowest BCUT2D eigenvalue weighted by molar-refractivity contribution is -0.146. The number of rotatable bonds is 13. The molecule has 1 aromatic rings. The van der Waals surface area contributed by atoms with E-state index >= 15 is 0 Å². The average Bonchev–Trinajstić information content (AvgIpc) is 2.94. The second-order valence-corrected chi connectivity index (χ2v) is 10.0. The minimum atomic E-state index is -1.17. The quantitative estimate of drug-likeness (QED) is 0.243. The molecule has 2 saturated carbocycles. The molecule has 0 aromatic heterocycles. The van der Waals surface area contributed by atoms with Crippen LogP contribution in [0.1, 0.15) is 89.5 Å². The molecular weight excluding hydrogens is 484 g/mol. The van der Waals surface area contributed by atoms with E-state index in [2.05, 4.69) is 17.2 Å². The number of hydrogen-bond donors (Lipinski definition) is 3. The summed E-state index contributed by atoms with van der Waals surface area (Å²) in [6.45, 7) is 5.44. The Kier molecular flexibility index (Phi) is 15.4. The van der Waals surface area contributed by atoms with Gasteiger partial charge in [-0.3, -0.25) is 19.7 Å². The molecule has 3 rings (SSSR count). The molecular formula is C30H46N2O6. The molecule has 0 radical (unpaired) electrons. The van der Waals surface area contributed by atoms with Crippen LogP contribution in [0.15, 0.2) is 43.0 Å². The van der Waals surface area contributed by atoms with Gasteiger partial charge in [-0.1, -0.05) is 74.9 Å². The van der Waals surface area contributed by atoms with Crippen molar-refractivity contribution in [1.82, 2.24) is 10.6 Å². The lowest BCUT2D eigenvalue weighted by Gasteiger charge is -2.30. The Bertz CT molecular complexity index is 818. The van der Waals surface area contributed by atoms with E-state index in [1.807, 2.05) is 30.3 Å². The van der Waals surface area contributed by atoms with Gasteiger partial charge in [0.2, 0.25) is 0 Å². The molecule has 2 atom stereocenters.